The first-order valence-corrected chi connectivity index (χ1v) is 12.8. The van der Waals surface area contributed by atoms with Crippen molar-refractivity contribution in [1.29, 1.82) is 0 Å². The molecule has 1 aliphatic heterocycles. The highest BCUT2D eigenvalue weighted by Gasteiger charge is 2.34. The number of benzene rings is 4. The molecule has 0 amide bonds. The number of halogens is 2. The second kappa shape index (κ2) is 11.4. The van der Waals surface area contributed by atoms with Crippen LogP contribution in [-0.2, 0) is 0 Å². The second-order valence-corrected chi connectivity index (χ2v) is 9.55. The molecule has 4 aromatic carbocycles. The summed E-state index contributed by atoms with van der Waals surface area (Å²) in [6.45, 7) is 0. The van der Waals surface area contributed by atoms with Crippen LogP contribution < -0.4 is 4.90 Å². The lowest BCUT2D eigenvalue weighted by Gasteiger charge is -2.17. The minimum absolute atomic E-state index is 0.119. The fourth-order valence-corrected chi connectivity index (χ4v) is 4.91. The predicted octanol–water partition coefficient (Wildman–Crippen LogP) is 8.10. The summed E-state index contributed by atoms with van der Waals surface area (Å²) in [6.07, 6.45) is 1.41. The van der Waals surface area contributed by atoms with Crippen LogP contribution in [0.4, 0.5) is 17.1 Å². The molecular weight excluding hydrogens is 525 g/mol. The Bertz CT molecular complexity index is 1520. The molecule has 1 saturated heterocycles. The molecule has 37 heavy (non-hydrogen) atoms. The van der Waals surface area contributed by atoms with E-state index in [0.29, 0.717) is 26.6 Å². The molecule has 0 spiro atoms. The zero-order valence-corrected chi connectivity index (χ0v) is 21.6. The third-order valence-corrected chi connectivity index (χ3v) is 6.59. The number of nitrogens with zero attached hydrogens (tertiary/aromatic N) is 5. The van der Waals surface area contributed by atoms with Crippen molar-refractivity contribution in [1.82, 2.24) is 0 Å². The highest BCUT2D eigenvalue weighted by molar-refractivity contribution is 8.29. The van der Waals surface area contributed by atoms with Gasteiger partial charge in [-0.2, -0.15) is 5.10 Å². The fraction of sp³-hybridized carbons (Fsp3) is 0. The van der Waals surface area contributed by atoms with E-state index in [4.69, 9.17) is 33.2 Å². The van der Waals surface area contributed by atoms with Crippen LogP contribution in [0.2, 0.25) is 10.0 Å². The van der Waals surface area contributed by atoms with E-state index < -0.39 is 0 Å². The van der Waals surface area contributed by atoms with E-state index >= 15 is 0 Å². The van der Waals surface area contributed by atoms with Crippen LogP contribution in [0.5, 0.6) is 5.75 Å². The smallest absolute Gasteiger partial charge is 0.202 e. The summed E-state index contributed by atoms with van der Waals surface area (Å²) in [6, 6.07) is 32.1. The van der Waals surface area contributed by atoms with Crippen molar-refractivity contribution in [3.63, 3.8) is 0 Å². The number of hydrogen-bond acceptors (Lipinski definition) is 6. The molecular formula is C28H19Cl2N5OS. The van der Waals surface area contributed by atoms with Gasteiger partial charge >= 0.3 is 0 Å². The van der Waals surface area contributed by atoms with Gasteiger partial charge in [0.15, 0.2) is 5.84 Å². The average Bonchev–Trinajstić information content (AvgIpc) is 3.24. The van der Waals surface area contributed by atoms with Crippen molar-refractivity contribution in [2.45, 2.75) is 0 Å². The van der Waals surface area contributed by atoms with Crippen LogP contribution >= 0.6 is 35.0 Å². The lowest BCUT2D eigenvalue weighted by Crippen LogP contribution is -2.30. The Kier molecular flexibility index (Phi) is 7.65. The van der Waals surface area contributed by atoms with E-state index in [1.165, 1.54) is 24.0 Å². The van der Waals surface area contributed by atoms with Gasteiger partial charge in [0, 0.05) is 16.3 Å². The van der Waals surface area contributed by atoms with Crippen LogP contribution in [-0.4, -0.2) is 27.4 Å². The molecule has 9 heteroatoms. The molecule has 1 aliphatic rings. The topological polar surface area (TPSA) is 72.9 Å². The summed E-state index contributed by atoms with van der Waals surface area (Å²) in [5.41, 5.74) is 2.78. The molecule has 0 saturated carbocycles. The van der Waals surface area contributed by atoms with Gasteiger partial charge in [-0.3, -0.25) is 4.90 Å². The second-order valence-electron chi connectivity index (χ2n) is 7.75. The maximum absolute atomic E-state index is 10.3. The van der Waals surface area contributed by atoms with Gasteiger partial charge in [0.2, 0.25) is 5.17 Å². The first-order valence-electron chi connectivity index (χ1n) is 11.2. The molecule has 0 aromatic heterocycles. The van der Waals surface area contributed by atoms with E-state index in [1.807, 2.05) is 95.9 Å². The number of para-hydroxylation sites is 3. The number of rotatable bonds is 5. The van der Waals surface area contributed by atoms with Crippen LogP contribution in [0.15, 0.2) is 123 Å². The third-order valence-electron chi connectivity index (χ3n) is 5.17. The fourth-order valence-electron chi connectivity index (χ4n) is 3.48. The predicted molar refractivity (Wildman–Crippen MR) is 157 cm³/mol. The molecule has 0 unspecified atom stereocenters. The quantitative estimate of drug-likeness (QED) is 0.204. The number of anilines is 1. The van der Waals surface area contributed by atoms with Crippen molar-refractivity contribution in [2.24, 2.45) is 20.2 Å². The Hall–Kier alpha value is -3.91. The van der Waals surface area contributed by atoms with Crippen LogP contribution in [0.1, 0.15) is 5.56 Å². The molecule has 5 rings (SSSR count). The van der Waals surface area contributed by atoms with Crippen LogP contribution in [0, 0.1) is 0 Å². The van der Waals surface area contributed by atoms with E-state index in [-0.39, 0.29) is 10.8 Å². The number of phenolic OH excluding ortho intramolecular Hbond substituents is 1. The van der Waals surface area contributed by atoms with Crippen molar-refractivity contribution < 1.29 is 5.11 Å². The highest BCUT2D eigenvalue weighted by atomic mass is 35.5. The minimum atomic E-state index is -0.119. The number of phenols is 1. The molecule has 0 atom stereocenters. The van der Waals surface area contributed by atoms with Gasteiger partial charge in [-0.05, 0) is 60.3 Å². The van der Waals surface area contributed by atoms with Crippen molar-refractivity contribution in [3.05, 3.63) is 119 Å². The zero-order valence-electron chi connectivity index (χ0n) is 19.2. The Balaban J connectivity index is 1.62. The highest BCUT2D eigenvalue weighted by Crippen LogP contribution is 2.33. The van der Waals surface area contributed by atoms with E-state index in [0.717, 1.165) is 17.1 Å². The number of amidine groups is 2. The molecule has 6 nitrogen and oxygen atoms in total. The van der Waals surface area contributed by atoms with Gasteiger partial charge in [0.25, 0.3) is 0 Å². The first-order chi connectivity index (χ1) is 18.1. The van der Waals surface area contributed by atoms with Gasteiger partial charge in [-0.15, -0.1) is 5.10 Å². The number of aromatic hydroxyl groups is 1. The van der Waals surface area contributed by atoms with Crippen LogP contribution in [0.25, 0.3) is 0 Å². The van der Waals surface area contributed by atoms with E-state index in [1.54, 1.807) is 6.07 Å². The molecule has 182 valence electrons. The number of thioether (sulfide) groups is 1. The van der Waals surface area contributed by atoms with Crippen molar-refractivity contribution >= 4 is 74.3 Å². The Morgan fingerprint density at radius 2 is 1.35 bits per heavy atom. The summed E-state index contributed by atoms with van der Waals surface area (Å²) >= 11 is 13.5. The molecule has 0 radical (unpaired) electrons. The summed E-state index contributed by atoms with van der Waals surface area (Å²) in [7, 11) is 0. The standard InChI is InChI=1S/C28H19Cl2N5OS/c29-20-16-19(25(36)24(30)17-20)18-31-34-28-35(23-14-8-3-9-15-23)26(32-21-10-4-1-5-11-21)27(37-28)33-22-12-6-2-7-13-22/h1-18,36H/b31-18+,32-26?,33-27?,34-28+. The maximum atomic E-state index is 10.3. The molecule has 1 N–H and O–H groups in total. The Labute approximate surface area is 228 Å². The number of aliphatic imine (C=N–C) groups is 2. The maximum Gasteiger partial charge on any atom is 0.202 e. The van der Waals surface area contributed by atoms with E-state index in [2.05, 4.69) is 10.2 Å². The zero-order chi connectivity index (χ0) is 25.6. The largest absolute Gasteiger partial charge is 0.506 e. The SMILES string of the molecule is Oc1c(Cl)cc(Cl)cc1/C=N/N=C1/SC(=Nc2ccccc2)C(=Nc2ccccc2)N1c1ccccc1. The lowest BCUT2D eigenvalue weighted by atomic mass is 10.2. The van der Waals surface area contributed by atoms with Gasteiger partial charge in [0.05, 0.1) is 22.6 Å². The number of hydrogen-bond donors (Lipinski definition) is 1. The Morgan fingerprint density at radius 3 is 2.00 bits per heavy atom. The van der Waals surface area contributed by atoms with Crippen molar-refractivity contribution in [3.8, 4) is 5.75 Å². The molecule has 0 bridgehead atoms. The summed E-state index contributed by atoms with van der Waals surface area (Å²) in [5.74, 6) is 0.500. The normalized spacial score (nSPS) is 16.9. The van der Waals surface area contributed by atoms with Gasteiger partial charge in [-0.25, -0.2) is 9.98 Å². The van der Waals surface area contributed by atoms with Crippen LogP contribution in [0.3, 0.4) is 0 Å². The van der Waals surface area contributed by atoms with Crippen molar-refractivity contribution in [2.75, 3.05) is 4.90 Å². The summed E-state index contributed by atoms with van der Waals surface area (Å²) in [4.78, 5) is 11.7. The minimum Gasteiger partial charge on any atom is -0.506 e. The molecule has 0 aliphatic carbocycles. The van der Waals surface area contributed by atoms with Gasteiger partial charge in [-0.1, -0.05) is 77.8 Å². The molecule has 1 heterocycles. The first kappa shape index (κ1) is 24.8. The van der Waals surface area contributed by atoms with E-state index in [9.17, 15) is 5.11 Å². The lowest BCUT2D eigenvalue weighted by molar-refractivity contribution is 0.474. The Morgan fingerprint density at radius 1 is 0.757 bits per heavy atom. The van der Waals surface area contributed by atoms with Gasteiger partial charge < -0.3 is 5.11 Å². The third kappa shape index (κ3) is 5.91. The van der Waals surface area contributed by atoms with Gasteiger partial charge in [0.1, 0.15) is 10.8 Å². The summed E-state index contributed by atoms with van der Waals surface area (Å²) < 4.78 is 0. The molecule has 4 aromatic rings. The average molecular weight is 544 g/mol. The molecule has 1 fully saturated rings. The summed E-state index contributed by atoms with van der Waals surface area (Å²) in [5, 5.41) is 20.7. The monoisotopic (exact) mass is 543 g/mol.